The van der Waals surface area contributed by atoms with Gasteiger partial charge in [0.25, 0.3) is 5.56 Å². The third-order valence-electron chi connectivity index (χ3n) is 8.75. The van der Waals surface area contributed by atoms with Crippen molar-refractivity contribution in [3.05, 3.63) is 125 Å². The molecule has 11 nitrogen and oxygen atoms in total. The molecule has 0 fully saturated rings. The molecule has 4 N–H and O–H groups in total. The molecule has 0 radical (unpaired) electrons. The average Bonchev–Trinajstić information content (AvgIpc) is 3.50. The van der Waals surface area contributed by atoms with Crippen LogP contribution in [0.1, 0.15) is 28.0 Å². The zero-order valence-electron chi connectivity index (χ0n) is 22.6. The van der Waals surface area contributed by atoms with Crippen molar-refractivity contribution in [1.29, 1.82) is 0 Å². The van der Waals surface area contributed by atoms with Crippen LogP contribution in [0.4, 0.5) is 0 Å². The second-order valence-corrected chi connectivity index (χ2v) is 11.2. The number of benzene rings is 2. The Morgan fingerprint density at radius 1 is 0.909 bits per heavy atom. The second kappa shape index (κ2) is 9.01. The van der Waals surface area contributed by atoms with E-state index in [1.165, 1.54) is 6.07 Å². The Kier molecular flexibility index (Phi) is 5.60. The Balaban J connectivity index is 1.74. The molecule has 2 aromatic carbocycles. The Hall–Kier alpha value is -5.49. The van der Waals surface area contributed by atoms with Crippen LogP contribution in [-0.4, -0.2) is 33.7 Å². The minimum absolute atomic E-state index is 0.0525. The van der Waals surface area contributed by atoms with E-state index in [-0.39, 0.29) is 34.9 Å². The van der Waals surface area contributed by atoms with E-state index in [0.717, 1.165) is 13.2 Å². The Morgan fingerprint density at radius 2 is 1.57 bits per heavy atom. The molecule has 1 spiro atoms. The molecule has 218 valence electrons. The minimum Gasteiger partial charge on any atom is -0.510 e. The van der Waals surface area contributed by atoms with Gasteiger partial charge in [-0.1, -0.05) is 18.2 Å². The Morgan fingerprint density at radius 3 is 2.20 bits per heavy atom. The zero-order valence-corrected chi connectivity index (χ0v) is 23.5. The van der Waals surface area contributed by atoms with E-state index in [2.05, 4.69) is 17.6 Å². The van der Waals surface area contributed by atoms with Crippen LogP contribution in [0.25, 0.3) is 33.4 Å². The molecular weight excluding hydrogens is 590 g/mol. The first-order chi connectivity index (χ1) is 21.0. The normalized spacial score (nSPS) is 17.0. The molecule has 4 aliphatic rings. The number of aliphatic hydroxyl groups excluding tert-OH is 2. The van der Waals surface area contributed by atoms with Gasteiger partial charge >= 0.3 is 0 Å². The number of H-pyrrole nitrogens is 1. The average molecular weight is 610 g/mol. The third-order valence-corrected chi connectivity index (χ3v) is 9.14. The highest BCUT2D eigenvalue weighted by Gasteiger charge is 2.54. The van der Waals surface area contributed by atoms with Crippen LogP contribution in [0.5, 0.6) is 11.5 Å². The van der Waals surface area contributed by atoms with Gasteiger partial charge in [-0.05, 0) is 41.7 Å². The fourth-order valence-corrected chi connectivity index (χ4v) is 7.20. The summed E-state index contributed by atoms with van der Waals surface area (Å²) >= 11 is 4.57. The molecule has 0 saturated heterocycles. The summed E-state index contributed by atoms with van der Waals surface area (Å²) in [6, 6.07) is 8.99. The SMILES string of the molecule is COc1cc(=O)c2c(=O)c3c(c(=O)c=2c1=O)=C(O)[C@]1(CCc2c1c(O)c1c(=O)[nH]c(C=O)cc1c2-c1ccccc1S)C=3O. The van der Waals surface area contributed by atoms with Gasteiger partial charge in [-0.15, -0.1) is 12.6 Å². The molecule has 0 saturated carbocycles. The maximum atomic E-state index is 13.8. The van der Waals surface area contributed by atoms with E-state index in [1.807, 2.05) is 0 Å². The predicted molar refractivity (Wildman–Crippen MR) is 161 cm³/mol. The highest BCUT2D eigenvalue weighted by molar-refractivity contribution is 7.80. The van der Waals surface area contributed by atoms with Crippen LogP contribution < -0.4 is 42.4 Å². The molecule has 1 heterocycles. The molecule has 0 bridgehead atoms. The van der Waals surface area contributed by atoms with Crippen LogP contribution in [0.3, 0.4) is 0 Å². The fraction of sp³-hybridized carbons (Fsp3) is 0.125. The number of aliphatic hydroxyl groups is 2. The van der Waals surface area contributed by atoms with Crippen molar-refractivity contribution in [3.63, 3.8) is 0 Å². The van der Waals surface area contributed by atoms with Gasteiger partial charge in [0.15, 0.2) is 17.5 Å². The number of carbonyl (C=O) groups is 1. The van der Waals surface area contributed by atoms with E-state index >= 15 is 0 Å². The monoisotopic (exact) mass is 609 g/mol. The number of methoxy groups -OCH3 is 1. The number of hydrogen-bond donors (Lipinski definition) is 5. The van der Waals surface area contributed by atoms with Gasteiger partial charge in [-0.3, -0.25) is 28.8 Å². The highest BCUT2D eigenvalue weighted by Crippen LogP contribution is 2.57. The lowest BCUT2D eigenvalue weighted by Crippen LogP contribution is -2.51. The number of aromatic hydroxyl groups is 1. The van der Waals surface area contributed by atoms with Gasteiger partial charge < -0.3 is 25.0 Å². The van der Waals surface area contributed by atoms with Crippen molar-refractivity contribution < 1.29 is 24.9 Å². The molecule has 3 aromatic rings. The first kappa shape index (κ1) is 27.3. The van der Waals surface area contributed by atoms with Crippen LogP contribution in [0, 0.1) is 10.4 Å². The molecular formula is C32H19NO10S. The maximum Gasteiger partial charge on any atom is 0.260 e. The molecule has 12 heteroatoms. The van der Waals surface area contributed by atoms with Crippen molar-refractivity contribution >= 4 is 41.2 Å². The van der Waals surface area contributed by atoms with Crippen LogP contribution in [-0.2, 0) is 11.8 Å². The van der Waals surface area contributed by atoms with E-state index in [0.29, 0.717) is 27.9 Å². The number of pyridine rings is 1. The van der Waals surface area contributed by atoms with Crippen molar-refractivity contribution in [2.75, 3.05) is 7.11 Å². The largest absolute Gasteiger partial charge is 0.510 e. The number of rotatable bonds is 3. The first-order valence-corrected chi connectivity index (χ1v) is 13.7. The summed E-state index contributed by atoms with van der Waals surface area (Å²) in [4.78, 5) is 81.3. The van der Waals surface area contributed by atoms with E-state index in [9.17, 15) is 44.1 Å². The standard InChI is InChI=1S/C32H19NO10S/c1-43-16-9-15(35)20-21(25(16)36)27(38)23-22(26(20)37)29(40)32(30(23)41)7-6-13-18(12-4-2-3-5-17(12)44)14-8-11(10-34)33-31(42)19(14)28(39)24(13)32/h2-5,8-10,39-41,44H,6-7H2,1H3,(H,33,42)/t32-/m0/s1. The smallest absolute Gasteiger partial charge is 0.260 e. The molecule has 1 atom stereocenters. The highest BCUT2D eigenvalue weighted by atomic mass is 32.1. The summed E-state index contributed by atoms with van der Waals surface area (Å²) in [5.74, 6) is -2.75. The molecule has 0 amide bonds. The van der Waals surface area contributed by atoms with Crippen molar-refractivity contribution in [2.45, 2.75) is 23.2 Å². The van der Waals surface area contributed by atoms with Crippen molar-refractivity contribution in [2.24, 2.45) is 0 Å². The van der Waals surface area contributed by atoms with Crippen molar-refractivity contribution in [3.8, 4) is 22.6 Å². The Labute approximate surface area is 249 Å². The number of fused-ring (bicyclic) bond motifs is 4. The number of thiol groups is 1. The van der Waals surface area contributed by atoms with Crippen LogP contribution >= 0.6 is 12.6 Å². The summed E-state index contributed by atoms with van der Waals surface area (Å²) in [6.45, 7) is 0. The molecule has 1 aromatic heterocycles. The lowest BCUT2D eigenvalue weighted by atomic mass is 9.77. The van der Waals surface area contributed by atoms with E-state index in [4.69, 9.17) is 4.74 Å². The molecule has 0 unspecified atom stereocenters. The number of aldehydes is 1. The van der Waals surface area contributed by atoms with E-state index in [1.54, 1.807) is 24.3 Å². The van der Waals surface area contributed by atoms with Gasteiger partial charge in [0.2, 0.25) is 16.3 Å². The lowest BCUT2D eigenvalue weighted by molar-refractivity contribution is 0.111. The number of phenolic OH excluding ortho intramolecular Hbond substituents is 1. The second-order valence-electron chi connectivity index (χ2n) is 10.7. The van der Waals surface area contributed by atoms with Crippen LogP contribution in [0.2, 0.25) is 0 Å². The van der Waals surface area contributed by atoms with Gasteiger partial charge in [-0.2, -0.15) is 0 Å². The van der Waals surface area contributed by atoms with Crippen LogP contribution in [0.15, 0.2) is 65.3 Å². The number of nitrogens with one attached hydrogen (secondary N) is 1. The Bertz CT molecular complexity index is 2670. The molecule has 0 aliphatic heterocycles. The molecule has 44 heavy (non-hydrogen) atoms. The lowest BCUT2D eigenvalue weighted by Gasteiger charge is -2.28. The summed E-state index contributed by atoms with van der Waals surface area (Å²) in [5.41, 5.74) is -6.25. The third kappa shape index (κ3) is 3.12. The number of aromatic nitrogens is 1. The number of hydrogen-bond acceptors (Lipinski definition) is 11. The summed E-state index contributed by atoms with van der Waals surface area (Å²) in [6.07, 6.45) is 0.318. The van der Waals surface area contributed by atoms with Gasteiger partial charge in [0.05, 0.1) is 39.1 Å². The first-order valence-electron chi connectivity index (χ1n) is 13.2. The number of phenols is 1. The maximum absolute atomic E-state index is 13.8. The predicted octanol–water partition coefficient (Wildman–Crippen LogP) is 0.282. The van der Waals surface area contributed by atoms with Crippen molar-refractivity contribution in [1.82, 2.24) is 4.98 Å². The quantitative estimate of drug-likeness (QED) is 0.140. The number of ether oxygens (including phenoxy) is 1. The topological polar surface area (TPSA) is 188 Å². The van der Waals surface area contributed by atoms with Gasteiger partial charge in [-0.25, -0.2) is 0 Å². The van der Waals surface area contributed by atoms with Gasteiger partial charge in [0.1, 0.15) is 22.7 Å². The number of aromatic amines is 1. The van der Waals surface area contributed by atoms with E-state index < -0.39 is 76.6 Å². The number of carbonyl (C=O) groups excluding carboxylic acids is 1. The van der Waals surface area contributed by atoms with Gasteiger partial charge in [0, 0.05) is 21.9 Å². The zero-order chi connectivity index (χ0) is 31.4. The summed E-state index contributed by atoms with van der Waals surface area (Å²) in [7, 11) is 1.11. The fourth-order valence-electron chi connectivity index (χ4n) is 6.92. The summed E-state index contributed by atoms with van der Waals surface area (Å²) in [5, 5.41) is 32.3. The minimum atomic E-state index is -2.09. The molecule has 7 rings (SSSR count). The summed E-state index contributed by atoms with van der Waals surface area (Å²) < 4.78 is 4.91. The molecule has 4 aliphatic carbocycles.